The van der Waals surface area contributed by atoms with Crippen molar-refractivity contribution in [3.05, 3.63) is 50.3 Å². The molecule has 0 saturated carbocycles. The third-order valence-corrected chi connectivity index (χ3v) is 4.04. The van der Waals surface area contributed by atoms with Gasteiger partial charge in [-0.15, -0.1) is 0 Å². The standard InChI is InChI=1S/C18H21N5O2/c1-5-13-8-16(22-12(4)21-13)23-17(24)7-6-14-10(2)15(9-19)18(25)20-11(14)3/h8H,5-7H2,1-4H3,(H,20,25)(H,21,22,23,24). The monoisotopic (exact) mass is 339 g/mol. The van der Waals surface area contributed by atoms with Crippen LogP contribution in [0.15, 0.2) is 10.9 Å². The summed E-state index contributed by atoms with van der Waals surface area (Å²) >= 11 is 0. The van der Waals surface area contributed by atoms with E-state index in [0.717, 1.165) is 17.7 Å². The lowest BCUT2D eigenvalue weighted by molar-refractivity contribution is -0.116. The molecule has 0 aliphatic heterocycles. The number of rotatable bonds is 5. The molecule has 0 fully saturated rings. The molecular weight excluding hydrogens is 318 g/mol. The molecule has 2 aromatic heterocycles. The van der Waals surface area contributed by atoms with Gasteiger partial charge in [-0.2, -0.15) is 5.26 Å². The number of amides is 1. The van der Waals surface area contributed by atoms with Crippen molar-refractivity contribution >= 4 is 11.7 Å². The van der Waals surface area contributed by atoms with Gasteiger partial charge in [-0.3, -0.25) is 9.59 Å². The fraction of sp³-hybridized carbons (Fsp3) is 0.389. The molecule has 0 aliphatic carbocycles. The molecule has 7 nitrogen and oxygen atoms in total. The molecule has 0 unspecified atom stereocenters. The summed E-state index contributed by atoms with van der Waals surface area (Å²) in [5, 5.41) is 11.9. The second kappa shape index (κ2) is 7.71. The summed E-state index contributed by atoms with van der Waals surface area (Å²) in [7, 11) is 0. The number of nitriles is 1. The number of carbonyl (C=O) groups excluding carboxylic acids is 1. The van der Waals surface area contributed by atoms with Crippen LogP contribution in [0, 0.1) is 32.1 Å². The number of hydrogen-bond acceptors (Lipinski definition) is 5. The Hall–Kier alpha value is -3.01. The smallest absolute Gasteiger partial charge is 0.266 e. The minimum Gasteiger partial charge on any atom is -0.325 e. The third-order valence-electron chi connectivity index (χ3n) is 4.04. The van der Waals surface area contributed by atoms with Gasteiger partial charge in [0, 0.05) is 23.9 Å². The molecule has 130 valence electrons. The average molecular weight is 339 g/mol. The van der Waals surface area contributed by atoms with Gasteiger partial charge in [0.25, 0.3) is 5.56 Å². The van der Waals surface area contributed by atoms with Gasteiger partial charge in [-0.05, 0) is 44.7 Å². The number of carbonyl (C=O) groups is 1. The fourth-order valence-electron chi connectivity index (χ4n) is 2.74. The number of pyridine rings is 1. The normalized spacial score (nSPS) is 10.4. The highest BCUT2D eigenvalue weighted by atomic mass is 16.1. The predicted octanol–water partition coefficient (Wildman–Crippen LogP) is 2.10. The topological polar surface area (TPSA) is 112 Å². The molecule has 2 heterocycles. The van der Waals surface area contributed by atoms with Crippen LogP contribution in [-0.2, 0) is 17.6 Å². The van der Waals surface area contributed by atoms with E-state index in [1.807, 2.05) is 13.0 Å². The highest BCUT2D eigenvalue weighted by Crippen LogP contribution is 2.15. The van der Waals surface area contributed by atoms with Crippen molar-refractivity contribution in [1.29, 1.82) is 5.26 Å². The van der Waals surface area contributed by atoms with Crippen LogP contribution in [-0.4, -0.2) is 20.9 Å². The molecule has 0 aromatic carbocycles. The maximum absolute atomic E-state index is 12.2. The number of aromatic amines is 1. The Morgan fingerprint density at radius 3 is 2.68 bits per heavy atom. The lowest BCUT2D eigenvalue weighted by Crippen LogP contribution is -2.19. The molecule has 0 spiro atoms. The van der Waals surface area contributed by atoms with Gasteiger partial charge in [0.05, 0.1) is 0 Å². The molecule has 7 heteroatoms. The van der Waals surface area contributed by atoms with Crippen LogP contribution < -0.4 is 10.9 Å². The SMILES string of the molecule is CCc1cc(NC(=O)CCc2c(C)[nH]c(=O)c(C#N)c2C)nc(C)n1. The largest absolute Gasteiger partial charge is 0.325 e. The van der Waals surface area contributed by atoms with Crippen molar-refractivity contribution in [2.75, 3.05) is 5.32 Å². The van der Waals surface area contributed by atoms with Gasteiger partial charge in [0.15, 0.2) is 0 Å². The van der Waals surface area contributed by atoms with Gasteiger partial charge >= 0.3 is 0 Å². The van der Waals surface area contributed by atoms with Crippen LogP contribution >= 0.6 is 0 Å². The predicted molar refractivity (Wildman–Crippen MR) is 94.3 cm³/mol. The van der Waals surface area contributed by atoms with Crippen LogP contribution in [0.4, 0.5) is 5.82 Å². The molecular formula is C18H21N5O2. The first-order chi connectivity index (χ1) is 11.8. The van der Waals surface area contributed by atoms with E-state index < -0.39 is 5.56 Å². The van der Waals surface area contributed by atoms with Crippen LogP contribution in [0.1, 0.15) is 47.2 Å². The van der Waals surface area contributed by atoms with Crippen molar-refractivity contribution in [2.45, 2.75) is 47.0 Å². The summed E-state index contributed by atoms with van der Waals surface area (Å²) < 4.78 is 0. The van der Waals surface area contributed by atoms with Crippen molar-refractivity contribution in [3.63, 3.8) is 0 Å². The lowest BCUT2D eigenvalue weighted by atomic mass is 9.99. The molecule has 0 radical (unpaired) electrons. The van der Waals surface area contributed by atoms with E-state index in [2.05, 4.69) is 20.3 Å². The highest BCUT2D eigenvalue weighted by Gasteiger charge is 2.14. The van der Waals surface area contributed by atoms with Crippen LogP contribution in [0.5, 0.6) is 0 Å². The van der Waals surface area contributed by atoms with E-state index >= 15 is 0 Å². The molecule has 2 aromatic rings. The summed E-state index contributed by atoms with van der Waals surface area (Å²) in [6.45, 7) is 7.27. The molecule has 0 atom stereocenters. The van der Waals surface area contributed by atoms with E-state index in [-0.39, 0.29) is 17.9 Å². The maximum atomic E-state index is 12.2. The van der Waals surface area contributed by atoms with Crippen molar-refractivity contribution in [2.24, 2.45) is 0 Å². The Kier molecular flexibility index (Phi) is 5.65. The van der Waals surface area contributed by atoms with E-state index in [1.165, 1.54) is 0 Å². The van der Waals surface area contributed by atoms with E-state index in [1.54, 1.807) is 26.8 Å². The number of H-pyrrole nitrogens is 1. The van der Waals surface area contributed by atoms with Crippen molar-refractivity contribution < 1.29 is 4.79 Å². The Labute approximate surface area is 146 Å². The summed E-state index contributed by atoms with van der Waals surface area (Å²) in [5.41, 5.74) is 2.70. The molecule has 0 aliphatic rings. The maximum Gasteiger partial charge on any atom is 0.266 e. The number of aryl methyl sites for hydroxylation is 3. The van der Waals surface area contributed by atoms with E-state index in [0.29, 0.717) is 29.3 Å². The lowest BCUT2D eigenvalue weighted by Gasteiger charge is -2.11. The van der Waals surface area contributed by atoms with E-state index in [4.69, 9.17) is 5.26 Å². The quantitative estimate of drug-likeness (QED) is 0.866. The summed E-state index contributed by atoms with van der Waals surface area (Å²) in [6.07, 6.45) is 1.42. The second-order valence-corrected chi connectivity index (χ2v) is 5.86. The van der Waals surface area contributed by atoms with Gasteiger partial charge in [-0.25, -0.2) is 9.97 Å². The minimum atomic E-state index is -0.394. The zero-order valence-electron chi connectivity index (χ0n) is 14.9. The second-order valence-electron chi connectivity index (χ2n) is 5.86. The first-order valence-electron chi connectivity index (χ1n) is 8.12. The van der Waals surface area contributed by atoms with Crippen LogP contribution in [0.2, 0.25) is 0 Å². The number of hydrogen-bond donors (Lipinski definition) is 2. The molecule has 2 rings (SSSR count). The Morgan fingerprint density at radius 2 is 2.04 bits per heavy atom. The van der Waals surface area contributed by atoms with Crippen LogP contribution in [0.25, 0.3) is 0 Å². The average Bonchev–Trinajstić information content (AvgIpc) is 2.54. The Morgan fingerprint density at radius 1 is 1.32 bits per heavy atom. The third kappa shape index (κ3) is 4.29. The summed E-state index contributed by atoms with van der Waals surface area (Å²) in [5.74, 6) is 0.922. The van der Waals surface area contributed by atoms with Gasteiger partial charge in [0.2, 0.25) is 5.91 Å². The Bertz CT molecular complexity index is 909. The van der Waals surface area contributed by atoms with E-state index in [9.17, 15) is 9.59 Å². The number of anilines is 1. The zero-order valence-corrected chi connectivity index (χ0v) is 14.9. The first kappa shape index (κ1) is 18.3. The van der Waals surface area contributed by atoms with Gasteiger partial charge < -0.3 is 10.3 Å². The molecule has 25 heavy (non-hydrogen) atoms. The number of nitrogens with one attached hydrogen (secondary N) is 2. The van der Waals surface area contributed by atoms with Crippen molar-refractivity contribution in [3.8, 4) is 6.07 Å². The molecule has 0 saturated heterocycles. The summed E-state index contributed by atoms with van der Waals surface area (Å²) in [4.78, 5) is 35.1. The van der Waals surface area contributed by atoms with Crippen molar-refractivity contribution in [1.82, 2.24) is 15.0 Å². The fourth-order valence-corrected chi connectivity index (χ4v) is 2.74. The molecule has 2 N–H and O–H groups in total. The molecule has 0 bridgehead atoms. The number of aromatic nitrogens is 3. The zero-order chi connectivity index (χ0) is 18.6. The first-order valence-corrected chi connectivity index (χ1v) is 8.12. The van der Waals surface area contributed by atoms with Gasteiger partial charge in [0.1, 0.15) is 23.3 Å². The highest BCUT2D eigenvalue weighted by molar-refractivity contribution is 5.89. The number of nitrogens with zero attached hydrogens (tertiary/aromatic N) is 3. The minimum absolute atomic E-state index is 0.0972. The van der Waals surface area contributed by atoms with Gasteiger partial charge in [-0.1, -0.05) is 6.92 Å². The van der Waals surface area contributed by atoms with Crippen LogP contribution in [0.3, 0.4) is 0 Å². The summed E-state index contributed by atoms with van der Waals surface area (Å²) in [6, 6.07) is 3.68. The molecule has 1 amide bonds. The Balaban J connectivity index is 2.12.